The van der Waals surface area contributed by atoms with Gasteiger partial charge in [-0.15, -0.1) is 0 Å². The number of phenolic OH excluding ortho intramolecular Hbond substituents is 1. The van der Waals surface area contributed by atoms with Gasteiger partial charge in [0.15, 0.2) is 5.78 Å². The number of hydrogen-bond donors (Lipinski definition) is 1. The Kier molecular flexibility index (Phi) is 3.75. The molecule has 1 N–H and O–H groups in total. The number of ether oxygens (including phenoxy) is 1. The van der Waals surface area contributed by atoms with Crippen molar-refractivity contribution < 1.29 is 19.1 Å². The summed E-state index contributed by atoms with van der Waals surface area (Å²) in [6, 6.07) is 18.1. The normalized spacial score (nSPS) is 16.6. The van der Waals surface area contributed by atoms with E-state index in [1.807, 2.05) is 49.4 Å². The third kappa shape index (κ3) is 2.45. The van der Waals surface area contributed by atoms with Crippen LogP contribution in [0.5, 0.6) is 11.5 Å². The topological polar surface area (TPSA) is 76.7 Å². The van der Waals surface area contributed by atoms with E-state index >= 15 is 0 Å². The number of carbonyl (C=O) groups excluding carboxylic acids is 1. The van der Waals surface area contributed by atoms with Crippen LogP contribution in [0, 0.1) is 13.8 Å². The van der Waals surface area contributed by atoms with E-state index in [0.717, 1.165) is 16.7 Å². The number of phenols is 1. The molecular formula is C27H18O5. The first kappa shape index (κ1) is 18.6. The summed E-state index contributed by atoms with van der Waals surface area (Å²) in [6.07, 6.45) is 0. The van der Waals surface area contributed by atoms with Crippen LogP contribution in [0.15, 0.2) is 75.4 Å². The zero-order valence-corrected chi connectivity index (χ0v) is 17.4. The number of allylic oxidation sites excluding steroid dienone is 1. The Morgan fingerprint density at radius 3 is 2.47 bits per heavy atom. The first-order valence-electron chi connectivity index (χ1n) is 10.4. The second-order valence-corrected chi connectivity index (χ2v) is 8.33. The molecule has 6 rings (SSSR count). The Labute approximate surface area is 183 Å². The van der Waals surface area contributed by atoms with Crippen molar-refractivity contribution in [3.05, 3.63) is 110 Å². The molecule has 0 radical (unpaired) electrons. The predicted octanol–water partition coefficient (Wildman–Crippen LogP) is 5.25. The van der Waals surface area contributed by atoms with Crippen LogP contribution < -0.4 is 10.4 Å². The summed E-state index contributed by atoms with van der Waals surface area (Å²) in [7, 11) is 0. The van der Waals surface area contributed by atoms with Gasteiger partial charge in [0.1, 0.15) is 22.8 Å². The van der Waals surface area contributed by atoms with E-state index in [1.165, 1.54) is 6.07 Å². The molecule has 1 aromatic heterocycles. The maximum Gasteiger partial charge on any atom is 0.336 e. The van der Waals surface area contributed by atoms with Gasteiger partial charge in [-0.1, -0.05) is 54.1 Å². The van der Waals surface area contributed by atoms with Crippen molar-refractivity contribution in [3.63, 3.8) is 0 Å². The molecule has 1 atom stereocenters. The third-order valence-electron chi connectivity index (χ3n) is 6.26. The van der Waals surface area contributed by atoms with Gasteiger partial charge >= 0.3 is 5.63 Å². The molecule has 2 aliphatic rings. The number of aromatic hydroxyl groups is 1. The zero-order valence-electron chi connectivity index (χ0n) is 17.4. The van der Waals surface area contributed by atoms with Gasteiger partial charge < -0.3 is 14.3 Å². The van der Waals surface area contributed by atoms with Gasteiger partial charge in [-0.25, -0.2) is 4.79 Å². The Bertz CT molecular complexity index is 1570. The van der Waals surface area contributed by atoms with Crippen molar-refractivity contribution in [2.75, 3.05) is 0 Å². The Hall–Kier alpha value is -4.12. The van der Waals surface area contributed by atoms with Crippen molar-refractivity contribution in [3.8, 4) is 11.5 Å². The average molecular weight is 422 g/mol. The standard InChI is InChI=1S/C27H18O5/c1-13-6-5-7-15(10-13)22-23-19(12-18(28)21-14(2)11-20(29)32-27(21)23)31-26-17-9-4-3-8-16(17)25(30)24(22)26/h3-12,22,28H,1-2H3. The largest absolute Gasteiger partial charge is 0.507 e. The molecular weight excluding hydrogens is 404 g/mol. The number of hydrogen-bond acceptors (Lipinski definition) is 5. The minimum absolute atomic E-state index is 0.0374. The molecule has 1 aliphatic heterocycles. The number of rotatable bonds is 1. The third-order valence-corrected chi connectivity index (χ3v) is 6.26. The van der Waals surface area contributed by atoms with Crippen LogP contribution in [0.1, 0.15) is 44.1 Å². The lowest BCUT2D eigenvalue weighted by Gasteiger charge is -2.28. The van der Waals surface area contributed by atoms with E-state index in [1.54, 1.807) is 19.1 Å². The van der Waals surface area contributed by atoms with Gasteiger partial charge in [0.25, 0.3) is 0 Å². The smallest absolute Gasteiger partial charge is 0.336 e. The molecule has 0 bridgehead atoms. The van der Waals surface area contributed by atoms with Crippen LogP contribution in [0.25, 0.3) is 16.7 Å². The summed E-state index contributed by atoms with van der Waals surface area (Å²) in [5, 5.41) is 11.2. The van der Waals surface area contributed by atoms with Crippen molar-refractivity contribution in [1.82, 2.24) is 0 Å². The van der Waals surface area contributed by atoms with Crippen LogP contribution in [0.3, 0.4) is 0 Å². The summed E-state index contributed by atoms with van der Waals surface area (Å²) in [4.78, 5) is 25.9. The highest BCUT2D eigenvalue weighted by atomic mass is 16.5. The first-order valence-corrected chi connectivity index (χ1v) is 10.4. The van der Waals surface area contributed by atoms with E-state index in [0.29, 0.717) is 39.2 Å². The molecule has 32 heavy (non-hydrogen) atoms. The van der Waals surface area contributed by atoms with Crippen LogP contribution >= 0.6 is 0 Å². The van der Waals surface area contributed by atoms with E-state index in [2.05, 4.69) is 0 Å². The lowest BCUT2D eigenvalue weighted by molar-refractivity contribution is 0.103. The average Bonchev–Trinajstić information content (AvgIpc) is 3.04. The molecule has 0 saturated carbocycles. The second-order valence-electron chi connectivity index (χ2n) is 8.33. The molecule has 0 spiro atoms. The minimum Gasteiger partial charge on any atom is -0.507 e. The van der Waals surface area contributed by atoms with Crippen LogP contribution in [-0.4, -0.2) is 10.9 Å². The monoisotopic (exact) mass is 422 g/mol. The summed E-state index contributed by atoms with van der Waals surface area (Å²) in [6.45, 7) is 3.74. The zero-order chi connectivity index (χ0) is 22.1. The molecule has 1 aliphatic carbocycles. The number of benzene rings is 3. The maximum absolute atomic E-state index is 13.6. The van der Waals surface area contributed by atoms with Gasteiger partial charge in [0, 0.05) is 29.2 Å². The number of aryl methyl sites for hydroxylation is 2. The van der Waals surface area contributed by atoms with E-state index in [-0.39, 0.29) is 17.1 Å². The molecule has 0 saturated heterocycles. The van der Waals surface area contributed by atoms with Gasteiger partial charge in [-0.2, -0.15) is 0 Å². The molecule has 2 heterocycles. The molecule has 4 aromatic rings. The molecule has 1 unspecified atom stereocenters. The van der Waals surface area contributed by atoms with Gasteiger partial charge in [0.05, 0.1) is 16.5 Å². The Morgan fingerprint density at radius 1 is 0.906 bits per heavy atom. The summed E-state index contributed by atoms with van der Waals surface area (Å²) < 4.78 is 11.9. The van der Waals surface area contributed by atoms with E-state index in [9.17, 15) is 14.7 Å². The quantitative estimate of drug-likeness (QED) is 0.424. The number of ketones is 1. The van der Waals surface area contributed by atoms with Crippen molar-refractivity contribution in [2.24, 2.45) is 0 Å². The fourth-order valence-corrected chi connectivity index (χ4v) is 4.94. The number of Topliss-reactive ketones (excluding diaryl/α,β-unsaturated/α-hetero) is 1. The number of carbonyl (C=O) groups is 1. The molecule has 5 nitrogen and oxygen atoms in total. The maximum atomic E-state index is 13.6. The van der Waals surface area contributed by atoms with Crippen molar-refractivity contribution in [1.29, 1.82) is 0 Å². The van der Waals surface area contributed by atoms with Gasteiger partial charge in [0.2, 0.25) is 0 Å². The predicted molar refractivity (Wildman–Crippen MR) is 120 cm³/mol. The highest BCUT2D eigenvalue weighted by Gasteiger charge is 2.43. The first-order chi connectivity index (χ1) is 15.4. The van der Waals surface area contributed by atoms with Crippen LogP contribution in [-0.2, 0) is 0 Å². The molecule has 3 aromatic carbocycles. The van der Waals surface area contributed by atoms with Gasteiger partial charge in [-0.3, -0.25) is 4.79 Å². The Balaban J connectivity index is 1.75. The van der Waals surface area contributed by atoms with Crippen molar-refractivity contribution >= 4 is 22.5 Å². The van der Waals surface area contributed by atoms with Gasteiger partial charge in [-0.05, 0) is 25.0 Å². The lowest BCUT2D eigenvalue weighted by atomic mass is 9.80. The summed E-state index contributed by atoms with van der Waals surface area (Å²) in [5.41, 5.74) is 4.64. The van der Waals surface area contributed by atoms with E-state index in [4.69, 9.17) is 9.15 Å². The lowest BCUT2D eigenvalue weighted by Crippen LogP contribution is -2.18. The summed E-state index contributed by atoms with van der Waals surface area (Å²) >= 11 is 0. The Morgan fingerprint density at radius 2 is 1.69 bits per heavy atom. The molecule has 0 fully saturated rings. The highest BCUT2D eigenvalue weighted by molar-refractivity contribution is 6.22. The SMILES string of the molecule is Cc1cccc(C2C3=C(Oc4cc(O)c5c(C)cc(=O)oc5c42)c2ccccc2C3=O)c1. The highest BCUT2D eigenvalue weighted by Crippen LogP contribution is 2.53. The fraction of sp³-hybridized carbons (Fsp3) is 0.111. The molecule has 156 valence electrons. The minimum atomic E-state index is -0.522. The van der Waals surface area contributed by atoms with Crippen LogP contribution in [0.4, 0.5) is 0 Å². The molecule has 5 heteroatoms. The summed E-state index contributed by atoms with van der Waals surface area (Å²) in [5.74, 6) is 0.201. The van der Waals surface area contributed by atoms with E-state index < -0.39 is 11.5 Å². The second kappa shape index (κ2) is 6.44. The number of fused-ring (bicyclic) bond motifs is 5. The fourth-order valence-electron chi connectivity index (χ4n) is 4.94. The van der Waals surface area contributed by atoms with Crippen LogP contribution in [0.2, 0.25) is 0 Å². The van der Waals surface area contributed by atoms with Crippen molar-refractivity contribution in [2.45, 2.75) is 19.8 Å². The molecule has 0 amide bonds.